The second-order valence-electron chi connectivity index (χ2n) is 17.9. The van der Waals surface area contributed by atoms with E-state index in [0.29, 0.717) is 0 Å². The van der Waals surface area contributed by atoms with E-state index in [0.717, 1.165) is 89.1 Å². The summed E-state index contributed by atoms with van der Waals surface area (Å²) >= 11 is 0. The number of hydrogen-bond donors (Lipinski definition) is 0. The average molecular weight is 781 g/mol. The molecule has 0 unspecified atom stereocenters. The predicted octanol–water partition coefficient (Wildman–Crippen LogP) is 16.7. The van der Waals surface area contributed by atoms with Gasteiger partial charge in [-0.2, -0.15) is 0 Å². The van der Waals surface area contributed by atoms with Crippen molar-refractivity contribution in [2.45, 2.75) is 52.4 Å². The van der Waals surface area contributed by atoms with Crippen molar-refractivity contribution < 1.29 is 8.83 Å². The number of rotatable bonds is 7. The van der Waals surface area contributed by atoms with Gasteiger partial charge in [0.15, 0.2) is 0 Å². The van der Waals surface area contributed by atoms with Crippen molar-refractivity contribution in [3.63, 3.8) is 0 Å². The Labute approximate surface area is 351 Å². The van der Waals surface area contributed by atoms with Gasteiger partial charge >= 0.3 is 0 Å². The molecule has 294 valence electrons. The molecule has 2 heterocycles. The van der Waals surface area contributed by atoms with Gasteiger partial charge in [0.25, 0.3) is 0 Å². The monoisotopic (exact) mass is 780 g/mol. The van der Waals surface area contributed by atoms with Gasteiger partial charge in [-0.05, 0) is 142 Å². The molecule has 10 rings (SSSR count). The third-order valence-corrected chi connectivity index (χ3v) is 11.8. The van der Waals surface area contributed by atoms with E-state index < -0.39 is 0 Å². The van der Waals surface area contributed by atoms with Crippen LogP contribution >= 0.6 is 0 Å². The molecule has 8 aromatic carbocycles. The van der Waals surface area contributed by atoms with E-state index in [1.807, 2.05) is 0 Å². The molecule has 60 heavy (non-hydrogen) atoms. The third-order valence-electron chi connectivity index (χ3n) is 11.8. The van der Waals surface area contributed by atoms with Crippen LogP contribution in [0.15, 0.2) is 191 Å². The summed E-state index contributed by atoms with van der Waals surface area (Å²) in [5.74, 6) is 0. The first-order chi connectivity index (χ1) is 29.0. The maximum absolute atomic E-state index is 6.32. The third kappa shape index (κ3) is 6.78. The molecular weight excluding hydrogens is 733 g/mol. The molecule has 4 nitrogen and oxygen atoms in total. The lowest BCUT2D eigenvalue weighted by Crippen LogP contribution is -2.10. The largest absolute Gasteiger partial charge is 0.456 e. The van der Waals surface area contributed by atoms with E-state index in [9.17, 15) is 0 Å². The van der Waals surface area contributed by atoms with Gasteiger partial charge in [-0.25, -0.2) is 0 Å². The summed E-state index contributed by atoms with van der Waals surface area (Å²) in [6.45, 7) is 13.5. The molecule has 0 saturated heterocycles. The molecule has 0 saturated carbocycles. The smallest absolute Gasteiger partial charge is 0.135 e. The molecule has 2 aromatic heterocycles. The van der Waals surface area contributed by atoms with Gasteiger partial charge in [-0.3, -0.25) is 0 Å². The minimum Gasteiger partial charge on any atom is -0.456 e. The van der Waals surface area contributed by atoms with Gasteiger partial charge in [0, 0.05) is 55.7 Å². The minimum atomic E-state index is 0.0388. The van der Waals surface area contributed by atoms with Gasteiger partial charge in [0.05, 0.1) is 0 Å². The number of para-hydroxylation sites is 2. The Bertz CT molecular complexity index is 2930. The maximum atomic E-state index is 6.32. The van der Waals surface area contributed by atoms with E-state index in [4.69, 9.17) is 8.83 Å². The maximum Gasteiger partial charge on any atom is 0.135 e. The Hall–Kier alpha value is -7.04. The highest BCUT2D eigenvalue weighted by Gasteiger charge is 2.21. The molecule has 4 heteroatoms. The van der Waals surface area contributed by atoms with Crippen LogP contribution in [-0.4, -0.2) is 0 Å². The van der Waals surface area contributed by atoms with Crippen LogP contribution in [-0.2, 0) is 10.8 Å². The summed E-state index contributed by atoms with van der Waals surface area (Å²) in [4.78, 5) is 4.64. The molecule has 0 fully saturated rings. The first kappa shape index (κ1) is 37.2. The highest BCUT2D eigenvalue weighted by atomic mass is 16.3. The van der Waals surface area contributed by atoms with Crippen LogP contribution in [0.4, 0.5) is 34.1 Å². The molecule has 0 aliphatic rings. The summed E-state index contributed by atoms with van der Waals surface area (Å²) in [5.41, 5.74) is 15.1. The van der Waals surface area contributed by atoms with Crippen LogP contribution in [0, 0.1) is 0 Å². The van der Waals surface area contributed by atoms with Crippen LogP contribution < -0.4 is 9.80 Å². The van der Waals surface area contributed by atoms with Crippen LogP contribution in [0.5, 0.6) is 0 Å². The number of furan rings is 2. The van der Waals surface area contributed by atoms with Crippen molar-refractivity contribution in [2.75, 3.05) is 9.80 Å². The van der Waals surface area contributed by atoms with Crippen molar-refractivity contribution >= 4 is 78.0 Å². The second kappa shape index (κ2) is 14.4. The quantitative estimate of drug-likeness (QED) is 0.161. The molecule has 10 aromatic rings. The molecule has 0 bridgehead atoms. The molecule has 0 N–H and O–H groups in total. The molecule has 0 aliphatic carbocycles. The average Bonchev–Trinajstić information content (AvgIpc) is 3.82. The second-order valence-corrected chi connectivity index (χ2v) is 17.9. The van der Waals surface area contributed by atoms with Crippen LogP contribution in [0.1, 0.15) is 52.7 Å². The number of hydrogen-bond acceptors (Lipinski definition) is 4. The molecule has 0 atom stereocenters. The van der Waals surface area contributed by atoms with E-state index >= 15 is 0 Å². The number of anilines is 6. The van der Waals surface area contributed by atoms with Crippen molar-refractivity contribution in [3.05, 3.63) is 193 Å². The molecule has 0 spiro atoms. The number of benzene rings is 8. The van der Waals surface area contributed by atoms with Crippen molar-refractivity contribution in [3.8, 4) is 11.1 Å². The number of nitrogens with zero attached hydrogens (tertiary/aromatic N) is 2. The van der Waals surface area contributed by atoms with Crippen molar-refractivity contribution in [2.24, 2.45) is 0 Å². The molecule has 0 amide bonds. The van der Waals surface area contributed by atoms with Crippen LogP contribution in [0.2, 0.25) is 0 Å². The fourth-order valence-corrected chi connectivity index (χ4v) is 8.40. The Balaban J connectivity index is 0.995. The van der Waals surface area contributed by atoms with Gasteiger partial charge in [0.2, 0.25) is 0 Å². The van der Waals surface area contributed by atoms with E-state index in [-0.39, 0.29) is 10.8 Å². The summed E-state index contributed by atoms with van der Waals surface area (Å²) < 4.78 is 12.6. The van der Waals surface area contributed by atoms with Crippen LogP contribution in [0.3, 0.4) is 0 Å². The molecule has 0 radical (unpaired) electrons. The Morgan fingerprint density at radius 3 is 0.950 bits per heavy atom. The standard InChI is InChI=1S/C56H48N2O2/c1-55(2,3)39-21-29-51-47(33-39)49-35-45(27-31-53(49)59-51)57(41-13-9-7-10-14-41)43-23-17-37(18-24-43)38-19-25-44(26-20-38)58(42-15-11-8-12-16-42)46-28-32-54-50(36-46)48-34-40(56(4,5)6)22-30-52(48)60-54/h7-36H,1-6H3. The van der Waals surface area contributed by atoms with Crippen molar-refractivity contribution in [1.29, 1.82) is 0 Å². The van der Waals surface area contributed by atoms with E-state index in [2.05, 4.69) is 233 Å². The van der Waals surface area contributed by atoms with Gasteiger partial charge in [0.1, 0.15) is 22.3 Å². The Kier molecular flexibility index (Phi) is 8.91. The zero-order valence-electron chi connectivity index (χ0n) is 35.0. The highest BCUT2D eigenvalue weighted by Crippen LogP contribution is 2.42. The molecule has 0 aliphatic heterocycles. The lowest BCUT2D eigenvalue weighted by molar-refractivity contribution is 0.590. The fourth-order valence-electron chi connectivity index (χ4n) is 8.40. The lowest BCUT2D eigenvalue weighted by Gasteiger charge is -2.26. The van der Waals surface area contributed by atoms with Crippen LogP contribution in [0.25, 0.3) is 55.0 Å². The summed E-state index contributed by atoms with van der Waals surface area (Å²) in [6, 6.07) is 65.1. The highest BCUT2D eigenvalue weighted by molar-refractivity contribution is 6.08. The van der Waals surface area contributed by atoms with Gasteiger partial charge in [-0.1, -0.05) is 114 Å². The fraction of sp³-hybridized carbons (Fsp3) is 0.143. The summed E-state index contributed by atoms with van der Waals surface area (Å²) in [7, 11) is 0. The topological polar surface area (TPSA) is 32.8 Å². The van der Waals surface area contributed by atoms with Gasteiger partial charge < -0.3 is 18.6 Å². The van der Waals surface area contributed by atoms with E-state index in [1.165, 1.54) is 11.1 Å². The number of fused-ring (bicyclic) bond motifs is 6. The molecular formula is C56H48N2O2. The Morgan fingerprint density at radius 1 is 0.300 bits per heavy atom. The zero-order valence-corrected chi connectivity index (χ0v) is 35.0. The predicted molar refractivity (Wildman–Crippen MR) is 253 cm³/mol. The first-order valence-electron chi connectivity index (χ1n) is 20.8. The zero-order chi connectivity index (χ0) is 41.2. The first-order valence-corrected chi connectivity index (χ1v) is 20.8. The minimum absolute atomic E-state index is 0.0388. The Morgan fingerprint density at radius 2 is 0.600 bits per heavy atom. The lowest BCUT2D eigenvalue weighted by atomic mass is 9.86. The summed E-state index contributed by atoms with van der Waals surface area (Å²) in [6.07, 6.45) is 0. The van der Waals surface area contributed by atoms with Crippen molar-refractivity contribution in [1.82, 2.24) is 0 Å². The normalized spacial score (nSPS) is 12.2. The summed E-state index contributed by atoms with van der Waals surface area (Å²) in [5, 5.41) is 4.51. The van der Waals surface area contributed by atoms with E-state index in [1.54, 1.807) is 0 Å². The van der Waals surface area contributed by atoms with Gasteiger partial charge in [-0.15, -0.1) is 0 Å². The SMILES string of the molecule is CC(C)(C)c1ccc2oc3ccc(N(c4ccccc4)c4ccc(-c5ccc(N(c6ccccc6)c6ccc7oc8ccc(C(C)(C)C)cc8c7c6)cc5)cc4)cc3c2c1.